The van der Waals surface area contributed by atoms with E-state index >= 15 is 0 Å². The van der Waals surface area contributed by atoms with Crippen LogP contribution < -0.4 is 16.0 Å². The number of nitrogens with zero attached hydrogens (tertiary/aromatic N) is 1. The standard InChI is InChI=1S/C22H20ClN3O/c1-22(23)10-12-24-20-18(14-22)17-13-15(7-8-19(17)26-20)9-11-25-21(27)16-5-3-2-4-6-16/h2-8,10,12-14H,9,11H2,1H3,(H,24,26)(H,25,27). The van der Waals surface area contributed by atoms with Crippen molar-refractivity contribution < 1.29 is 4.79 Å². The van der Waals surface area contributed by atoms with E-state index in [4.69, 9.17) is 11.6 Å². The molecule has 5 heteroatoms. The Morgan fingerprint density at radius 3 is 2.85 bits per heavy atom. The van der Waals surface area contributed by atoms with E-state index < -0.39 is 4.87 Å². The van der Waals surface area contributed by atoms with Gasteiger partial charge >= 0.3 is 0 Å². The highest BCUT2D eigenvalue weighted by Gasteiger charge is 2.16. The van der Waals surface area contributed by atoms with Crippen LogP contribution in [0.25, 0.3) is 17.0 Å². The van der Waals surface area contributed by atoms with E-state index in [1.165, 1.54) is 0 Å². The molecule has 2 heterocycles. The summed E-state index contributed by atoms with van der Waals surface area (Å²) in [5, 5.41) is 5.08. The molecule has 27 heavy (non-hydrogen) atoms. The first-order valence-corrected chi connectivity index (χ1v) is 9.31. The van der Waals surface area contributed by atoms with Crippen molar-refractivity contribution in [1.82, 2.24) is 10.3 Å². The number of benzene rings is 2. The van der Waals surface area contributed by atoms with Gasteiger partial charge in [-0.05, 0) is 55.3 Å². The summed E-state index contributed by atoms with van der Waals surface area (Å²) in [6, 6.07) is 15.5. The number of amides is 1. The largest absolute Gasteiger partial charge is 0.352 e. The molecule has 1 amide bonds. The molecule has 1 aromatic heterocycles. The Morgan fingerprint density at radius 2 is 2.04 bits per heavy atom. The number of hydrogen-bond donors (Lipinski definition) is 2. The van der Waals surface area contributed by atoms with Crippen LogP contribution in [0.3, 0.4) is 0 Å². The monoisotopic (exact) mass is 377 g/mol. The smallest absolute Gasteiger partial charge is 0.251 e. The van der Waals surface area contributed by atoms with E-state index in [2.05, 4.69) is 33.5 Å². The molecular weight excluding hydrogens is 358 g/mol. The normalized spacial score (nSPS) is 18.3. The molecule has 2 aromatic carbocycles. The van der Waals surface area contributed by atoms with Crippen LogP contribution in [0.2, 0.25) is 0 Å². The molecule has 0 spiro atoms. The van der Waals surface area contributed by atoms with Gasteiger partial charge in [-0.3, -0.25) is 4.79 Å². The minimum atomic E-state index is -0.566. The lowest BCUT2D eigenvalue weighted by atomic mass is 10.1. The first kappa shape index (κ1) is 17.6. The zero-order chi connectivity index (χ0) is 18.9. The fourth-order valence-electron chi connectivity index (χ4n) is 3.25. The average Bonchev–Trinajstić information content (AvgIpc) is 2.90. The lowest BCUT2D eigenvalue weighted by molar-refractivity contribution is 0.0954. The summed E-state index contributed by atoms with van der Waals surface area (Å²) in [6.45, 7) is 2.52. The SMILES string of the molecule is CC1(Cl)C=CN=c2[nH]c3ccc(CCNC(=O)c4ccccc4)cc3c2=C1. The molecule has 0 fully saturated rings. The number of carbonyl (C=O) groups excluding carboxylic acids is 1. The van der Waals surface area contributed by atoms with Crippen LogP contribution in [0.1, 0.15) is 22.8 Å². The first-order valence-electron chi connectivity index (χ1n) is 8.93. The molecule has 4 nitrogen and oxygen atoms in total. The number of carbonyl (C=O) groups is 1. The van der Waals surface area contributed by atoms with Gasteiger partial charge < -0.3 is 10.3 Å². The van der Waals surface area contributed by atoms with Crippen molar-refractivity contribution in [2.45, 2.75) is 18.2 Å². The van der Waals surface area contributed by atoms with E-state index in [0.717, 1.165) is 33.6 Å². The van der Waals surface area contributed by atoms with E-state index in [-0.39, 0.29) is 5.91 Å². The summed E-state index contributed by atoms with van der Waals surface area (Å²) in [5.74, 6) is -0.0525. The number of alkyl halides is 1. The molecule has 1 unspecified atom stereocenters. The predicted octanol–water partition coefficient (Wildman–Crippen LogP) is 3.07. The van der Waals surface area contributed by atoms with Crippen molar-refractivity contribution in [2.24, 2.45) is 4.99 Å². The lowest BCUT2D eigenvalue weighted by Crippen LogP contribution is -2.26. The van der Waals surface area contributed by atoms with Crippen LogP contribution in [-0.4, -0.2) is 22.3 Å². The number of halogens is 1. The second-order valence-electron chi connectivity index (χ2n) is 6.88. The minimum Gasteiger partial charge on any atom is -0.352 e. The molecule has 0 saturated heterocycles. The van der Waals surface area contributed by atoms with Crippen molar-refractivity contribution >= 4 is 34.5 Å². The van der Waals surface area contributed by atoms with Crippen LogP contribution in [0.5, 0.6) is 0 Å². The molecule has 0 saturated carbocycles. The minimum absolute atomic E-state index is 0.0525. The molecule has 0 aliphatic carbocycles. The number of H-pyrrole nitrogens is 1. The number of aromatic nitrogens is 1. The number of rotatable bonds is 4. The number of allylic oxidation sites excluding steroid dienone is 1. The molecule has 2 N–H and O–H groups in total. The van der Waals surface area contributed by atoms with E-state index in [1.807, 2.05) is 49.4 Å². The van der Waals surface area contributed by atoms with Gasteiger partial charge in [-0.15, -0.1) is 11.6 Å². The summed E-state index contributed by atoms with van der Waals surface area (Å²) in [7, 11) is 0. The third-order valence-corrected chi connectivity index (χ3v) is 4.88. The predicted molar refractivity (Wildman–Crippen MR) is 109 cm³/mol. The maximum absolute atomic E-state index is 12.2. The summed E-state index contributed by atoms with van der Waals surface area (Å²) >= 11 is 6.51. The Balaban J connectivity index is 1.55. The second-order valence-corrected chi connectivity index (χ2v) is 7.69. The quantitative estimate of drug-likeness (QED) is 0.674. The van der Waals surface area contributed by atoms with Crippen LogP contribution in [-0.2, 0) is 6.42 Å². The van der Waals surface area contributed by atoms with Crippen LogP contribution in [0, 0.1) is 0 Å². The Kier molecular flexibility index (Phi) is 4.58. The highest BCUT2D eigenvalue weighted by atomic mass is 35.5. The summed E-state index contributed by atoms with van der Waals surface area (Å²) in [6.07, 6.45) is 6.39. The topological polar surface area (TPSA) is 57.2 Å². The van der Waals surface area contributed by atoms with E-state index in [1.54, 1.807) is 6.20 Å². The second kappa shape index (κ2) is 7.05. The van der Waals surface area contributed by atoms with Gasteiger partial charge in [-0.1, -0.05) is 24.3 Å². The molecule has 0 bridgehead atoms. The Labute approximate surface area is 162 Å². The van der Waals surface area contributed by atoms with Gasteiger partial charge in [-0.2, -0.15) is 0 Å². The molecule has 3 aromatic rings. The fraction of sp³-hybridized carbons (Fsp3) is 0.182. The van der Waals surface area contributed by atoms with Crippen LogP contribution in [0.15, 0.2) is 65.8 Å². The molecule has 1 aliphatic rings. The fourth-order valence-corrected chi connectivity index (χ4v) is 3.41. The molecule has 0 radical (unpaired) electrons. The van der Waals surface area contributed by atoms with Crippen molar-refractivity contribution in [3.05, 3.63) is 82.6 Å². The van der Waals surface area contributed by atoms with Crippen LogP contribution in [0.4, 0.5) is 0 Å². The zero-order valence-electron chi connectivity index (χ0n) is 15.0. The molecule has 4 rings (SSSR count). The van der Waals surface area contributed by atoms with Gasteiger partial charge in [0, 0.05) is 34.4 Å². The molecule has 1 aliphatic heterocycles. The van der Waals surface area contributed by atoms with Gasteiger partial charge in [0.05, 0.1) is 4.87 Å². The van der Waals surface area contributed by atoms with Crippen molar-refractivity contribution in [1.29, 1.82) is 0 Å². The zero-order valence-corrected chi connectivity index (χ0v) is 15.8. The molecule has 136 valence electrons. The van der Waals surface area contributed by atoms with Gasteiger partial charge in [0.15, 0.2) is 0 Å². The first-order chi connectivity index (χ1) is 13.0. The Morgan fingerprint density at radius 1 is 1.22 bits per heavy atom. The number of aromatic amines is 1. The summed E-state index contributed by atoms with van der Waals surface area (Å²) in [5.41, 5.74) is 3.67. The maximum atomic E-state index is 12.2. The Hall–Kier alpha value is -2.85. The van der Waals surface area contributed by atoms with Crippen molar-refractivity contribution in [3.8, 4) is 0 Å². The van der Waals surface area contributed by atoms with E-state index in [0.29, 0.717) is 12.1 Å². The Bertz CT molecular complexity index is 1140. The van der Waals surface area contributed by atoms with Gasteiger partial charge in [0.1, 0.15) is 5.49 Å². The van der Waals surface area contributed by atoms with Gasteiger partial charge in [0.25, 0.3) is 5.91 Å². The number of fused-ring (bicyclic) bond motifs is 3. The van der Waals surface area contributed by atoms with Crippen molar-refractivity contribution in [3.63, 3.8) is 0 Å². The number of hydrogen-bond acceptors (Lipinski definition) is 2. The number of nitrogens with one attached hydrogen (secondary N) is 2. The van der Waals surface area contributed by atoms with Gasteiger partial charge in [-0.25, -0.2) is 4.99 Å². The summed E-state index contributed by atoms with van der Waals surface area (Å²) < 4.78 is 0. The third kappa shape index (κ3) is 3.81. The highest BCUT2D eigenvalue weighted by Crippen LogP contribution is 2.20. The average molecular weight is 378 g/mol. The van der Waals surface area contributed by atoms with Crippen LogP contribution >= 0.6 is 11.6 Å². The lowest BCUT2D eigenvalue weighted by Gasteiger charge is -2.09. The molecular formula is C22H20ClN3O. The molecule has 1 atom stereocenters. The highest BCUT2D eigenvalue weighted by molar-refractivity contribution is 6.28. The third-order valence-electron chi connectivity index (χ3n) is 4.65. The van der Waals surface area contributed by atoms with E-state index in [9.17, 15) is 4.79 Å². The van der Waals surface area contributed by atoms with Crippen molar-refractivity contribution in [2.75, 3.05) is 6.54 Å². The maximum Gasteiger partial charge on any atom is 0.251 e. The van der Waals surface area contributed by atoms with Gasteiger partial charge in [0.2, 0.25) is 0 Å². The summed E-state index contributed by atoms with van der Waals surface area (Å²) in [4.78, 5) is 19.4.